The van der Waals surface area contributed by atoms with E-state index in [4.69, 9.17) is 0 Å². The molecular formula is C25H20O3S. The van der Waals surface area contributed by atoms with Crippen molar-refractivity contribution in [1.82, 2.24) is 0 Å². The van der Waals surface area contributed by atoms with E-state index in [9.17, 15) is 13.0 Å². The molecule has 0 saturated carbocycles. The van der Waals surface area contributed by atoms with Gasteiger partial charge in [-0.15, -0.1) is 0 Å². The third kappa shape index (κ3) is 3.99. The first kappa shape index (κ1) is 19.1. The number of benzene rings is 4. The molecule has 4 aromatic carbocycles. The Morgan fingerprint density at radius 1 is 0.586 bits per heavy atom. The minimum absolute atomic E-state index is 0.110. The third-order valence-corrected chi connectivity index (χ3v) is 5.93. The molecule has 0 aromatic heterocycles. The summed E-state index contributed by atoms with van der Waals surface area (Å²) in [5, 5.41) is 0. The lowest BCUT2D eigenvalue weighted by molar-refractivity contribution is 0.483. The van der Waals surface area contributed by atoms with Gasteiger partial charge in [-0.05, 0) is 70.1 Å². The summed E-state index contributed by atoms with van der Waals surface area (Å²) >= 11 is 0. The van der Waals surface area contributed by atoms with Crippen molar-refractivity contribution in [2.24, 2.45) is 0 Å². The Morgan fingerprint density at radius 2 is 1.03 bits per heavy atom. The van der Waals surface area contributed by atoms with Crippen molar-refractivity contribution >= 4 is 10.1 Å². The van der Waals surface area contributed by atoms with Gasteiger partial charge < -0.3 is 0 Å². The molecule has 0 radical (unpaired) electrons. The van der Waals surface area contributed by atoms with E-state index in [0.29, 0.717) is 0 Å². The van der Waals surface area contributed by atoms with Crippen LogP contribution in [0.1, 0.15) is 5.56 Å². The van der Waals surface area contributed by atoms with Crippen molar-refractivity contribution in [3.05, 3.63) is 103 Å². The summed E-state index contributed by atoms with van der Waals surface area (Å²) in [6.45, 7) is 2.07. The van der Waals surface area contributed by atoms with E-state index < -0.39 is 10.1 Å². The molecule has 0 atom stereocenters. The van der Waals surface area contributed by atoms with Gasteiger partial charge in [-0.25, -0.2) is 0 Å². The normalized spacial score (nSPS) is 11.4. The van der Waals surface area contributed by atoms with Crippen LogP contribution in [0.3, 0.4) is 0 Å². The van der Waals surface area contributed by atoms with Crippen molar-refractivity contribution in [1.29, 1.82) is 0 Å². The minimum atomic E-state index is -4.21. The van der Waals surface area contributed by atoms with Crippen molar-refractivity contribution in [3.63, 3.8) is 0 Å². The second-order valence-corrected chi connectivity index (χ2v) is 8.35. The summed E-state index contributed by atoms with van der Waals surface area (Å²) in [5.74, 6) is 0. The molecule has 0 aliphatic heterocycles. The fourth-order valence-corrected chi connectivity index (χ4v) is 4.02. The van der Waals surface area contributed by atoms with Crippen LogP contribution in [0.2, 0.25) is 0 Å². The maximum Gasteiger partial charge on any atom is 0.294 e. The Labute approximate surface area is 171 Å². The van der Waals surface area contributed by atoms with Crippen LogP contribution in [0, 0.1) is 6.92 Å². The predicted octanol–water partition coefficient (Wildman–Crippen LogP) is 6.24. The highest BCUT2D eigenvalue weighted by Gasteiger charge is 2.14. The topological polar surface area (TPSA) is 54.4 Å². The molecule has 0 saturated heterocycles. The predicted molar refractivity (Wildman–Crippen MR) is 117 cm³/mol. The standard InChI is InChI=1S/C25H20O3S/c1-18-24(20-10-6-3-7-11-20)16-22(19-8-4-2-5-9-19)17-25(18)21-12-14-23(15-13-21)29(26,27)28/h2-17H,1H3,(H,26,27,28). The lowest BCUT2D eigenvalue weighted by Gasteiger charge is -2.16. The van der Waals surface area contributed by atoms with Gasteiger partial charge in [0.25, 0.3) is 10.1 Å². The van der Waals surface area contributed by atoms with Gasteiger partial charge in [-0.3, -0.25) is 4.55 Å². The molecule has 4 heteroatoms. The van der Waals surface area contributed by atoms with E-state index in [2.05, 4.69) is 43.3 Å². The van der Waals surface area contributed by atoms with E-state index in [0.717, 1.165) is 38.9 Å². The van der Waals surface area contributed by atoms with Crippen LogP contribution in [-0.4, -0.2) is 13.0 Å². The van der Waals surface area contributed by atoms with Gasteiger partial charge in [0.05, 0.1) is 4.90 Å². The third-order valence-electron chi connectivity index (χ3n) is 5.06. The van der Waals surface area contributed by atoms with Crippen LogP contribution in [0.15, 0.2) is 102 Å². The molecule has 0 unspecified atom stereocenters. The molecule has 4 aromatic rings. The van der Waals surface area contributed by atoms with Gasteiger partial charge in [0.2, 0.25) is 0 Å². The number of hydrogen-bond donors (Lipinski definition) is 1. The Morgan fingerprint density at radius 3 is 1.52 bits per heavy atom. The summed E-state index contributed by atoms with van der Waals surface area (Å²) < 4.78 is 32.0. The van der Waals surface area contributed by atoms with Crippen molar-refractivity contribution in [2.45, 2.75) is 11.8 Å². The lowest BCUT2D eigenvalue weighted by Crippen LogP contribution is -1.97. The van der Waals surface area contributed by atoms with Gasteiger partial charge in [0.1, 0.15) is 0 Å². The van der Waals surface area contributed by atoms with Gasteiger partial charge in [0, 0.05) is 0 Å². The maximum atomic E-state index is 11.4. The van der Waals surface area contributed by atoms with Crippen LogP contribution in [0.25, 0.3) is 33.4 Å². The van der Waals surface area contributed by atoms with E-state index in [1.54, 1.807) is 12.1 Å². The fraction of sp³-hybridized carbons (Fsp3) is 0.0400. The Bertz CT molecular complexity index is 1240. The molecular weight excluding hydrogens is 380 g/mol. The smallest absolute Gasteiger partial charge is 0.282 e. The van der Waals surface area contributed by atoms with Crippen LogP contribution in [-0.2, 0) is 10.1 Å². The average Bonchev–Trinajstić information content (AvgIpc) is 2.75. The minimum Gasteiger partial charge on any atom is -0.282 e. The molecule has 4 rings (SSSR count). The number of rotatable bonds is 4. The quantitative estimate of drug-likeness (QED) is 0.412. The molecule has 0 aliphatic rings. The second kappa shape index (κ2) is 7.66. The maximum absolute atomic E-state index is 11.4. The fourth-order valence-electron chi connectivity index (χ4n) is 3.54. The molecule has 29 heavy (non-hydrogen) atoms. The summed E-state index contributed by atoms with van der Waals surface area (Å²) in [7, 11) is -4.21. The van der Waals surface area contributed by atoms with Gasteiger partial charge >= 0.3 is 0 Å². The molecule has 144 valence electrons. The van der Waals surface area contributed by atoms with Crippen LogP contribution in [0.4, 0.5) is 0 Å². The summed E-state index contributed by atoms with van der Waals surface area (Å²) in [5.41, 5.74) is 7.47. The van der Waals surface area contributed by atoms with Crippen molar-refractivity contribution < 1.29 is 13.0 Å². The Balaban J connectivity index is 1.93. The van der Waals surface area contributed by atoms with Crippen LogP contribution >= 0.6 is 0 Å². The summed E-state index contributed by atoms with van der Waals surface area (Å²) in [6, 6.07) is 31.0. The molecule has 1 N–H and O–H groups in total. The first-order chi connectivity index (χ1) is 13.9. The molecule has 0 heterocycles. The van der Waals surface area contributed by atoms with Crippen molar-refractivity contribution in [3.8, 4) is 33.4 Å². The molecule has 0 fully saturated rings. The van der Waals surface area contributed by atoms with Gasteiger partial charge in [-0.1, -0.05) is 72.8 Å². The van der Waals surface area contributed by atoms with E-state index in [1.165, 1.54) is 12.1 Å². The van der Waals surface area contributed by atoms with Crippen LogP contribution < -0.4 is 0 Å². The first-order valence-corrected chi connectivity index (χ1v) is 10.7. The van der Waals surface area contributed by atoms with Crippen LogP contribution in [0.5, 0.6) is 0 Å². The highest BCUT2D eigenvalue weighted by atomic mass is 32.2. The Kier molecular flexibility index (Phi) is 5.05. The molecule has 0 amide bonds. The largest absolute Gasteiger partial charge is 0.294 e. The summed E-state index contributed by atoms with van der Waals surface area (Å²) in [4.78, 5) is -0.110. The number of hydrogen-bond acceptors (Lipinski definition) is 2. The van der Waals surface area contributed by atoms with Gasteiger partial charge in [0.15, 0.2) is 0 Å². The zero-order valence-electron chi connectivity index (χ0n) is 15.9. The lowest BCUT2D eigenvalue weighted by atomic mass is 9.88. The Hall–Kier alpha value is -3.21. The van der Waals surface area contributed by atoms with E-state index >= 15 is 0 Å². The first-order valence-electron chi connectivity index (χ1n) is 9.27. The second-order valence-electron chi connectivity index (χ2n) is 6.93. The zero-order valence-corrected chi connectivity index (χ0v) is 16.7. The van der Waals surface area contributed by atoms with E-state index in [-0.39, 0.29) is 4.90 Å². The monoisotopic (exact) mass is 400 g/mol. The molecule has 0 bridgehead atoms. The molecule has 3 nitrogen and oxygen atoms in total. The highest BCUT2D eigenvalue weighted by molar-refractivity contribution is 7.85. The van der Waals surface area contributed by atoms with E-state index in [1.807, 2.05) is 36.4 Å². The highest BCUT2D eigenvalue weighted by Crippen LogP contribution is 2.37. The van der Waals surface area contributed by atoms with Gasteiger partial charge in [-0.2, -0.15) is 8.42 Å². The zero-order chi connectivity index (χ0) is 20.4. The summed E-state index contributed by atoms with van der Waals surface area (Å²) in [6.07, 6.45) is 0. The molecule has 0 spiro atoms. The van der Waals surface area contributed by atoms with Crippen molar-refractivity contribution in [2.75, 3.05) is 0 Å². The average molecular weight is 400 g/mol. The molecule has 0 aliphatic carbocycles. The SMILES string of the molecule is Cc1c(-c2ccccc2)cc(-c2ccccc2)cc1-c1ccc(S(=O)(=O)O)cc1.